The van der Waals surface area contributed by atoms with Crippen LogP contribution in [0.1, 0.15) is 20.8 Å². The highest BCUT2D eigenvalue weighted by Crippen LogP contribution is 2.28. The molecule has 0 aliphatic rings. The fourth-order valence-corrected chi connectivity index (χ4v) is 1.60. The number of hydrogen-bond donors (Lipinski definition) is 2. The van der Waals surface area contributed by atoms with Gasteiger partial charge in [-0.25, -0.2) is 4.79 Å². The molecule has 0 aromatic carbocycles. The third kappa shape index (κ3) is 5.18. The Morgan fingerprint density at radius 1 is 1.56 bits per heavy atom. The predicted molar refractivity (Wildman–Crippen MR) is 63.1 cm³/mol. The number of carbonyl (C=O) groups is 2. The predicted octanol–water partition coefficient (Wildman–Crippen LogP) is 0.987. The second-order valence-corrected chi connectivity index (χ2v) is 5.15. The summed E-state index contributed by atoms with van der Waals surface area (Å²) in [5.41, 5.74) is 5.50. The summed E-state index contributed by atoms with van der Waals surface area (Å²) in [5.74, 6) is -1.52. The van der Waals surface area contributed by atoms with Gasteiger partial charge in [0.2, 0.25) is 0 Å². The molecule has 3 N–H and O–H groups in total. The van der Waals surface area contributed by atoms with Crippen molar-refractivity contribution in [3.05, 3.63) is 11.5 Å². The highest BCUT2D eigenvalue weighted by molar-refractivity contribution is 8.03. The topological polar surface area (TPSA) is 89.6 Å². The van der Waals surface area contributed by atoms with E-state index in [1.54, 1.807) is 20.8 Å². The average molecular weight is 247 g/mol. The van der Waals surface area contributed by atoms with E-state index in [1.807, 2.05) is 0 Å². The van der Waals surface area contributed by atoms with Crippen molar-refractivity contribution in [3.8, 4) is 0 Å². The van der Waals surface area contributed by atoms with E-state index in [-0.39, 0.29) is 0 Å². The molecule has 0 aromatic rings. The monoisotopic (exact) mass is 247 g/mol. The first-order chi connectivity index (χ1) is 7.31. The van der Waals surface area contributed by atoms with Crippen LogP contribution in [0, 0.1) is 0 Å². The van der Waals surface area contributed by atoms with E-state index in [0.29, 0.717) is 6.61 Å². The molecule has 0 aromatic heterocycles. The lowest BCUT2D eigenvalue weighted by atomic mass is 10.1. The van der Waals surface area contributed by atoms with Crippen molar-refractivity contribution in [2.45, 2.75) is 31.6 Å². The maximum atomic E-state index is 11.0. The number of carboxylic acids is 1. The quantitative estimate of drug-likeness (QED) is 0.537. The molecule has 0 radical (unpaired) electrons. The molecule has 0 saturated carbocycles. The van der Waals surface area contributed by atoms with Gasteiger partial charge in [0.25, 0.3) is 0 Å². The van der Waals surface area contributed by atoms with Crippen molar-refractivity contribution in [1.29, 1.82) is 0 Å². The minimum absolute atomic E-state index is 0.311. The Morgan fingerprint density at radius 2 is 2.12 bits per heavy atom. The summed E-state index contributed by atoms with van der Waals surface area (Å²) in [6, 6.07) is -0.996. The van der Waals surface area contributed by atoms with E-state index in [4.69, 9.17) is 10.8 Å². The van der Waals surface area contributed by atoms with Crippen LogP contribution >= 0.6 is 11.8 Å². The van der Waals surface area contributed by atoms with Gasteiger partial charge in [-0.05, 0) is 26.2 Å². The lowest BCUT2D eigenvalue weighted by Gasteiger charge is -2.26. The van der Waals surface area contributed by atoms with Crippen LogP contribution in [0.2, 0.25) is 0 Å². The van der Waals surface area contributed by atoms with Crippen molar-refractivity contribution in [1.82, 2.24) is 0 Å². The largest absolute Gasteiger partial charge is 0.480 e. The van der Waals surface area contributed by atoms with E-state index in [9.17, 15) is 9.59 Å². The first-order valence-electron chi connectivity index (χ1n) is 4.80. The van der Waals surface area contributed by atoms with E-state index >= 15 is 0 Å². The number of thioether (sulfide) groups is 1. The SMILES string of the molecule is CCOC(=O)/C=C\SC(C)(C)C(N)C(=O)O. The van der Waals surface area contributed by atoms with E-state index in [0.717, 1.165) is 0 Å². The zero-order valence-electron chi connectivity index (χ0n) is 9.60. The fourth-order valence-electron chi connectivity index (χ4n) is 0.826. The van der Waals surface area contributed by atoms with Crippen LogP contribution in [0.3, 0.4) is 0 Å². The van der Waals surface area contributed by atoms with Gasteiger partial charge in [0.05, 0.1) is 6.61 Å². The van der Waals surface area contributed by atoms with E-state index in [1.165, 1.54) is 23.2 Å². The molecule has 0 amide bonds. The highest BCUT2D eigenvalue weighted by Gasteiger charge is 2.31. The molecule has 0 aliphatic heterocycles. The van der Waals surface area contributed by atoms with Crippen LogP contribution in [0.5, 0.6) is 0 Å². The molecule has 1 unspecified atom stereocenters. The number of rotatable bonds is 6. The maximum Gasteiger partial charge on any atom is 0.331 e. The molecule has 0 aliphatic carbocycles. The summed E-state index contributed by atoms with van der Waals surface area (Å²) in [6.07, 6.45) is 1.25. The zero-order valence-corrected chi connectivity index (χ0v) is 10.4. The van der Waals surface area contributed by atoms with Crippen LogP contribution in [0.25, 0.3) is 0 Å². The fraction of sp³-hybridized carbons (Fsp3) is 0.600. The van der Waals surface area contributed by atoms with E-state index in [2.05, 4.69) is 4.74 Å². The molecule has 0 rings (SSSR count). The summed E-state index contributed by atoms with van der Waals surface area (Å²) >= 11 is 1.18. The van der Waals surface area contributed by atoms with Gasteiger partial charge >= 0.3 is 11.9 Å². The van der Waals surface area contributed by atoms with Crippen LogP contribution in [-0.2, 0) is 14.3 Å². The minimum atomic E-state index is -1.07. The van der Waals surface area contributed by atoms with Crippen LogP contribution in [-0.4, -0.2) is 34.4 Å². The number of nitrogens with two attached hydrogens (primary N) is 1. The Labute approximate surface area is 99.0 Å². The van der Waals surface area contributed by atoms with Gasteiger partial charge in [-0.2, -0.15) is 0 Å². The van der Waals surface area contributed by atoms with Crippen molar-refractivity contribution in [3.63, 3.8) is 0 Å². The molecule has 92 valence electrons. The molecule has 0 saturated heterocycles. The minimum Gasteiger partial charge on any atom is -0.480 e. The Balaban J connectivity index is 4.28. The van der Waals surface area contributed by atoms with Gasteiger partial charge in [-0.3, -0.25) is 4.79 Å². The second kappa shape index (κ2) is 6.55. The molecule has 1 atom stereocenters. The number of hydrogen-bond acceptors (Lipinski definition) is 5. The maximum absolute atomic E-state index is 11.0. The Kier molecular flexibility index (Phi) is 6.13. The van der Waals surface area contributed by atoms with Gasteiger partial charge in [-0.15, -0.1) is 11.8 Å². The number of carbonyl (C=O) groups excluding carboxylic acids is 1. The van der Waals surface area contributed by atoms with Crippen LogP contribution in [0.4, 0.5) is 0 Å². The number of aliphatic carboxylic acids is 1. The van der Waals surface area contributed by atoms with Crippen LogP contribution < -0.4 is 5.73 Å². The molecule has 6 heteroatoms. The molecule has 0 fully saturated rings. The van der Waals surface area contributed by atoms with Crippen molar-refractivity contribution >= 4 is 23.7 Å². The van der Waals surface area contributed by atoms with Gasteiger partial charge in [0.15, 0.2) is 0 Å². The molecule has 0 spiro atoms. The molecule has 0 bridgehead atoms. The summed E-state index contributed by atoms with van der Waals surface area (Å²) < 4.78 is 3.99. The first-order valence-corrected chi connectivity index (χ1v) is 5.68. The number of ether oxygens (including phenoxy) is 1. The van der Waals surface area contributed by atoms with Crippen molar-refractivity contribution in [2.75, 3.05) is 6.61 Å². The average Bonchev–Trinajstić information content (AvgIpc) is 2.16. The standard InChI is InChI=1S/C10H17NO4S/c1-4-15-7(12)5-6-16-10(2,3)8(11)9(13)14/h5-6,8H,4,11H2,1-3H3,(H,13,14)/b6-5-. The molecular formula is C10H17NO4S. The summed E-state index contributed by atoms with van der Waals surface area (Å²) in [7, 11) is 0. The van der Waals surface area contributed by atoms with E-state index < -0.39 is 22.7 Å². The summed E-state index contributed by atoms with van der Waals surface area (Å²) in [4.78, 5) is 21.7. The Hall–Kier alpha value is -1.01. The lowest BCUT2D eigenvalue weighted by Crippen LogP contribution is -2.46. The molecule has 16 heavy (non-hydrogen) atoms. The van der Waals surface area contributed by atoms with Crippen molar-refractivity contribution in [2.24, 2.45) is 5.73 Å². The molecular weight excluding hydrogens is 230 g/mol. The normalized spacial score (nSPS) is 13.8. The lowest BCUT2D eigenvalue weighted by molar-refractivity contribution is -0.139. The first kappa shape index (κ1) is 15.0. The third-order valence-electron chi connectivity index (χ3n) is 1.88. The van der Waals surface area contributed by atoms with Gasteiger partial charge < -0.3 is 15.6 Å². The van der Waals surface area contributed by atoms with Crippen molar-refractivity contribution < 1.29 is 19.4 Å². The van der Waals surface area contributed by atoms with Gasteiger partial charge in [-0.1, -0.05) is 0 Å². The summed E-state index contributed by atoms with van der Waals surface area (Å²) in [6.45, 7) is 5.42. The third-order valence-corrected chi connectivity index (χ3v) is 3.01. The number of esters is 1. The number of carboxylic acid groups (broad SMARTS) is 1. The smallest absolute Gasteiger partial charge is 0.331 e. The molecule has 5 nitrogen and oxygen atoms in total. The van der Waals surface area contributed by atoms with Gasteiger partial charge in [0, 0.05) is 10.8 Å². The summed E-state index contributed by atoms with van der Waals surface area (Å²) in [5, 5.41) is 10.3. The zero-order chi connectivity index (χ0) is 12.8. The van der Waals surface area contributed by atoms with Crippen LogP contribution in [0.15, 0.2) is 11.5 Å². The highest BCUT2D eigenvalue weighted by atomic mass is 32.2. The molecule has 0 heterocycles. The Morgan fingerprint density at radius 3 is 2.56 bits per heavy atom. The van der Waals surface area contributed by atoms with Gasteiger partial charge in [0.1, 0.15) is 6.04 Å². The Bertz CT molecular complexity index is 289. The second-order valence-electron chi connectivity index (χ2n) is 3.59.